The minimum atomic E-state index is 0.275. The molecule has 0 radical (unpaired) electrons. The molecule has 0 unspecified atom stereocenters. The molecule has 0 saturated carbocycles. The molecule has 3 rings (SSSR count). The fourth-order valence-corrected chi connectivity index (χ4v) is 3.04. The minimum absolute atomic E-state index is 0.275. The molecule has 2 N–H and O–H groups in total. The number of hydrogen-bond donors (Lipinski definition) is 1. The van der Waals surface area contributed by atoms with Crippen LogP contribution in [0.5, 0.6) is 0 Å². The molecule has 0 aromatic carbocycles. The Kier molecular flexibility index (Phi) is 5.40. The Morgan fingerprint density at radius 2 is 1.92 bits per heavy atom. The maximum atomic E-state index is 5.81. The lowest BCUT2D eigenvalue weighted by Crippen LogP contribution is -2.46. The molecule has 1 aliphatic rings. The van der Waals surface area contributed by atoms with E-state index in [-0.39, 0.29) is 5.95 Å². The topological polar surface area (TPSA) is 87.3 Å². The first-order chi connectivity index (χ1) is 12.0. The SMILES string of the molecule is C[C@H](c1cccnc1)N1CCN(Cc2nc(N)nc(N(C)C)n2)CC1. The number of piperazine rings is 1. The maximum Gasteiger partial charge on any atom is 0.229 e. The number of rotatable bonds is 5. The van der Waals surface area contributed by atoms with Crippen molar-refractivity contribution in [3.05, 3.63) is 35.9 Å². The van der Waals surface area contributed by atoms with Crippen LogP contribution in [-0.2, 0) is 6.54 Å². The molecule has 1 fully saturated rings. The van der Waals surface area contributed by atoms with Crippen molar-refractivity contribution in [3.8, 4) is 0 Å². The Bertz CT molecular complexity index is 682. The summed E-state index contributed by atoms with van der Waals surface area (Å²) in [5.41, 5.74) is 7.07. The molecule has 2 aromatic rings. The van der Waals surface area contributed by atoms with Gasteiger partial charge in [0.05, 0.1) is 6.54 Å². The van der Waals surface area contributed by atoms with Crippen molar-refractivity contribution in [1.29, 1.82) is 0 Å². The zero-order valence-electron chi connectivity index (χ0n) is 15.1. The number of nitrogens with two attached hydrogens (primary N) is 1. The maximum absolute atomic E-state index is 5.81. The summed E-state index contributed by atoms with van der Waals surface area (Å²) >= 11 is 0. The molecule has 0 amide bonds. The zero-order valence-corrected chi connectivity index (χ0v) is 15.1. The van der Waals surface area contributed by atoms with Gasteiger partial charge in [-0.25, -0.2) is 0 Å². The van der Waals surface area contributed by atoms with Crippen LogP contribution in [0, 0.1) is 0 Å². The lowest BCUT2D eigenvalue weighted by molar-refractivity contribution is 0.0961. The van der Waals surface area contributed by atoms with Crippen molar-refractivity contribution in [2.75, 3.05) is 50.9 Å². The molecule has 2 aromatic heterocycles. The summed E-state index contributed by atoms with van der Waals surface area (Å²) < 4.78 is 0. The summed E-state index contributed by atoms with van der Waals surface area (Å²) in [6.07, 6.45) is 3.77. The number of pyridine rings is 1. The van der Waals surface area contributed by atoms with Gasteiger partial charge in [0.15, 0.2) is 0 Å². The molecule has 3 heterocycles. The van der Waals surface area contributed by atoms with Crippen LogP contribution in [0.15, 0.2) is 24.5 Å². The number of anilines is 2. The molecule has 25 heavy (non-hydrogen) atoms. The third-order valence-corrected chi connectivity index (χ3v) is 4.57. The van der Waals surface area contributed by atoms with Crippen molar-refractivity contribution in [2.45, 2.75) is 19.5 Å². The minimum Gasteiger partial charge on any atom is -0.368 e. The van der Waals surface area contributed by atoms with Gasteiger partial charge in [-0.05, 0) is 18.6 Å². The Hall–Kier alpha value is -2.32. The van der Waals surface area contributed by atoms with Gasteiger partial charge in [0.2, 0.25) is 11.9 Å². The van der Waals surface area contributed by atoms with Crippen LogP contribution in [0.2, 0.25) is 0 Å². The van der Waals surface area contributed by atoms with Gasteiger partial charge >= 0.3 is 0 Å². The highest BCUT2D eigenvalue weighted by molar-refractivity contribution is 5.32. The van der Waals surface area contributed by atoms with E-state index >= 15 is 0 Å². The van der Waals surface area contributed by atoms with Gasteiger partial charge in [0, 0.05) is 58.7 Å². The average Bonchev–Trinajstić information content (AvgIpc) is 2.62. The van der Waals surface area contributed by atoms with Crippen molar-refractivity contribution in [2.24, 2.45) is 0 Å². The smallest absolute Gasteiger partial charge is 0.229 e. The Morgan fingerprint density at radius 1 is 1.16 bits per heavy atom. The second kappa shape index (κ2) is 7.71. The standard InChI is InChI=1S/C17H26N8/c1-13(14-5-4-6-19-11-14)25-9-7-24(8-10-25)12-15-20-16(18)22-17(21-15)23(2)3/h4-6,11,13H,7-10,12H2,1-3H3,(H2,18,20,21,22)/t13-/m1/s1. The number of nitrogens with zero attached hydrogens (tertiary/aromatic N) is 7. The predicted molar refractivity (Wildman–Crippen MR) is 98.1 cm³/mol. The molecular weight excluding hydrogens is 316 g/mol. The molecule has 8 heteroatoms. The van der Waals surface area contributed by atoms with Gasteiger partial charge in [-0.3, -0.25) is 14.8 Å². The van der Waals surface area contributed by atoms with Gasteiger partial charge in [0.1, 0.15) is 5.82 Å². The van der Waals surface area contributed by atoms with Crippen molar-refractivity contribution in [3.63, 3.8) is 0 Å². The first kappa shape index (κ1) is 17.5. The molecule has 1 saturated heterocycles. The van der Waals surface area contributed by atoms with E-state index in [0.717, 1.165) is 32.0 Å². The second-order valence-corrected chi connectivity index (χ2v) is 6.58. The Balaban J connectivity index is 1.58. The van der Waals surface area contributed by atoms with Crippen LogP contribution in [0.1, 0.15) is 24.4 Å². The largest absolute Gasteiger partial charge is 0.368 e. The van der Waals surface area contributed by atoms with Crippen molar-refractivity contribution < 1.29 is 0 Å². The monoisotopic (exact) mass is 342 g/mol. The summed E-state index contributed by atoms with van der Waals surface area (Å²) in [7, 11) is 3.80. The van der Waals surface area contributed by atoms with Gasteiger partial charge in [-0.15, -0.1) is 0 Å². The van der Waals surface area contributed by atoms with Gasteiger partial charge in [0.25, 0.3) is 0 Å². The van der Waals surface area contributed by atoms with E-state index in [4.69, 9.17) is 5.73 Å². The summed E-state index contributed by atoms with van der Waals surface area (Å²) in [5.74, 6) is 1.61. The van der Waals surface area contributed by atoms with E-state index in [1.165, 1.54) is 5.56 Å². The lowest BCUT2D eigenvalue weighted by Gasteiger charge is -2.37. The van der Waals surface area contributed by atoms with E-state index in [0.29, 0.717) is 18.5 Å². The van der Waals surface area contributed by atoms with Crippen LogP contribution in [0.3, 0.4) is 0 Å². The summed E-state index contributed by atoms with van der Waals surface area (Å²) in [6, 6.07) is 4.51. The third kappa shape index (κ3) is 4.40. The van der Waals surface area contributed by atoms with Crippen molar-refractivity contribution in [1.82, 2.24) is 29.7 Å². The van der Waals surface area contributed by atoms with Crippen LogP contribution in [-0.4, -0.2) is 70.0 Å². The molecule has 0 spiro atoms. The van der Waals surface area contributed by atoms with E-state index in [1.54, 1.807) is 0 Å². The number of nitrogen functional groups attached to an aromatic ring is 1. The highest BCUT2D eigenvalue weighted by atomic mass is 15.3. The fourth-order valence-electron chi connectivity index (χ4n) is 3.04. The van der Waals surface area contributed by atoms with E-state index in [1.807, 2.05) is 37.5 Å². The van der Waals surface area contributed by atoms with Crippen LogP contribution < -0.4 is 10.6 Å². The average molecular weight is 342 g/mol. The Labute approximate surface area is 148 Å². The highest BCUT2D eigenvalue weighted by Gasteiger charge is 2.23. The summed E-state index contributed by atoms with van der Waals surface area (Å²) in [5, 5.41) is 0. The number of hydrogen-bond acceptors (Lipinski definition) is 8. The van der Waals surface area contributed by atoms with E-state index in [2.05, 4.69) is 42.7 Å². The first-order valence-corrected chi connectivity index (χ1v) is 8.57. The molecule has 8 nitrogen and oxygen atoms in total. The third-order valence-electron chi connectivity index (χ3n) is 4.57. The van der Waals surface area contributed by atoms with Crippen LogP contribution in [0.4, 0.5) is 11.9 Å². The molecule has 1 aliphatic heterocycles. The van der Waals surface area contributed by atoms with Gasteiger partial charge < -0.3 is 10.6 Å². The molecule has 134 valence electrons. The summed E-state index contributed by atoms with van der Waals surface area (Å²) in [6.45, 7) is 6.92. The van der Waals surface area contributed by atoms with Crippen LogP contribution >= 0.6 is 0 Å². The highest BCUT2D eigenvalue weighted by Crippen LogP contribution is 2.21. The van der Waals surface area contributed by atoms with Crippen molar-refractivity contribution >= 4 is 11.9 Å². The molecule has 0 aliphatic carbocycles. The quantitative estimate of drug-likeness (QED) is 0.853. The van der Waals surface area contributed by atoms with Crippen LogP contribution in [0.25, 0.3) is 0 Å². The first-order valence-electron chi connectivity index (χ1n) is 8.57. The fraction of sp³-hybridized carbons (Fsp3) is 0.529. The van der Waals surface area contributed by atoms with E-state index in [9.17, 15) is 0 Å². The zero-order chi connectivity index (χ0) is 17.8. The Morgan fingerprint density at radius 3 is 2.56 bits per heavy atom. The predicted octanol–water partition coefficient (Wildman–Crippen LogP) is 0.794. The summed E-state index contributed by atoms with van der Waals surface area (Å²) in [4.78, 5) is 23.8. The number of aromatic nitrogens is 4. The normalized spacial score (nSPS) is 17.4. The molecular formula is C17H26N8. The molecule has 1 atom stereocenters. The molecule has 0 bridgehead atoms. The lowest BCUT2D eigenvalue weighted by atomic mass is 10.1. The van der Waals surface area contributed by atoms with Gasteiger partial charge in [-0.1, -0.05) is 6.07 Å². The van der Waals surface area contributed by atoms with E-state index < -0.39 is 0 Å². The van der Waals surface area contributed by atoms with Gasteiger partial charge in [-0.2, -0.15) is 15.0 Å². The second-order valence-electron chi connectivity index (χ2n) is 6.58.